The number of rotatable bonds is 7. The first-order valence-electron chi connectivity index (χ1n) is 7.39. The maximum atomic E-state index is 2.34. The van der Waals surface area contributed by atoms with Gasteiger partial charge in [-0.05, 0) is 50.3 Å². The Morgan fingerprint density at radius 2 is 1.50 bits per heavy atom. The Kier molecular flexibility index (Phi) is 6.78. The van der Waals surface area contributed by atoms with Gasteiger partial charge in [0.1, 0.15) is 0 Å². The van der Waals surface area contributed by atoms with E-state index < -0.39 is 0 Å². The quantitative estimate of drug-likeness (QED) is 0.517. The highest BCUT2D eigenvalue weighted by Crippen LogP contribution is 2.18. The Bertz CT molecular complexity index is 362. The molecule has 0 aliphatic rings. The van der Waals surface area contributed by atoms with Crippen LogP contribution in [-0.2, 0) is 0 Å². The van der Waals surface area contributed by atoms with Gasteiger partial charge in [0.2, 0.25) is 0 Å². The molecule has 0 aliphatic carbocycles. The van der Waals surface area contributed by atoms with Gasteiger partial charge in [0.15, 0.2) is 0 Å². The fourth-order valence-corrected chi connectivity index (χ4v) is 2.52. The van der Waals surface area contributed by atoms with Gasteiger partial charge in [-0.2, -0.15) is 0 Å². The lowest BCUT2D eigenvalue weighted by atomic mass is 9.99. The average Bonchev–Trinajstić information content (AvgIpc) is 2.30. The van der Waals surface area contributed by atoms with Gasteiger partial charge in [-0.15, -0.1) is 0 Å². The van der Waals surface area contributed by atoms with E-state index in [4.69, 9.17) is 0 Å². The lowest BCUT2D eigenvalue weighted by molar-refractivity contribution is 0.638. The van der Waals surface area contributed by atoms with E-state index in [0.29, 0.717) is 0 Å². The molecular weight excluding hydrogens is 216 g/mol. The Balaban J connectivity index is 2.42. The summed E-state index contributed by atoms with van der Waals surface area (Å²) in [6, 6.07) is 4.54. The molecule has 1 aromatic rings. The van der Waals surface area contributed by atoms with Crippen molar-refractivity contribution in [3.63, 3.8) is 0 Å². The molecular formula is C18H28. The van der Waals surface area contributed by atoms with Crippen LogP contribution in [0.15, 0.2) is 18.2 Å². The number of aryl methyl sites for hydroxylation is 3. The number of hydrogen-bond donors (Lipinski definition) is 0. The van der Waals surface area contributed by atoms with Crippen molar-refractivity contribution in [1.82, 2.24) is 0 Å². The van der Waals surface area contributed by atoms with Crippen molar-refractivity contribution in [1.29, 1.82) is 0 Å². The molecule has 0 nitrogen and oxygen atoms in total. The van der Waals surface area contributed by atoms with Crippen LogP contribution in [0.3, 0.4) is 0 Å². The molecule has 0 amide bonds. The van der Waals surface area contributed by atoms with Crippen molar-refractivity contribution in [2.24, 2.45) is 0 Å². The lowest BCUT2D eigenvalue weighted by Gasteiger charge is -2.07. The first-order valence-corrected chi connectivity index (χ1v) is 7.39. The minimum atomic E-state index is 1.22. The molecule has 0 N–H and O–H groups in total. The summed E-state index contributed by atoms with van der Waals surface area (Å²) >= 11 is 0. The highest BCUT2D eigenvalue weighted by molar-refractivity contribution is 5.58. The molecule has 0 heteroatoms. The zero-order valence-electron chi connectivity index (χ0n) is 12.6. The smallest absolute Gasteiger partial charge is 0.0201 e. The minimum Gasteiger partial charge on any atom is -0.0839 e. The molecule has 0 fully saturated rings. The Hall–Kier alpha value is -1.04. The van der Waals surface area contributed by atoms with Gasteiger partial charge in [-0.1, -0.05) is 62.5 Å². The fourth-order valence-electron chi connectivity index (χ4n) is 2.52. The van der Waals surface area contributed by atoms with Crippen LogP contribution in [0.4, 0.5) is 0 Å². The van der Waals surface area contributed by atoms with Crippen molar-refractivity contribution in [3.05, 3.63) is 40.5 Å². The molecule has 18 heavy (non-hydrogen) atoms. The van der Waals surface area contributed by atoms with Crippen molar-refractivity contribution >= 4 is 6.08 Å². The zero-order chi connectivity index (χ0) is 13.4. The molecule has 1 rings (SSSR count). The van der Waals surface area contributed by atoms with Gasteiger partial charge in [-0.3, -0.25) is 0 Å². The standard InChI is InChI=1S/C18H28/c1-5-6-7-8-9-10-11-12-18-16(3)13-15(2)14-17(18)4/h11-14H,5-10H2,1-4H3/b12-11+. The predicted octanol–water partition coefficient (Wildman–Crippen LogP) is 5.99. The third kappa shape index (κ3) is 5.08. The van der Waals surface area contributed by atoms with Crippen LogP contribution in [0.2, 0.25) is 0 Å². The Morgan fingerprint density at radius 3 is 2.11 bits per heavy atom. The molecule has 0 atom stereocenters. The number of unbranched alkanes of at least 4 members (excludes halogenated alkanes) is 5. The lowest BCUT2D eigenvalue weighted by Crippen LogP contribution is -1.88. The zero-order valence-corrected chi connectivity index (χ0v) is 12.6. The second-order valence-corrected chi connectivity index (χ2v) is 5.42. The van der Waals surface area contributed by atoms with Crippen LogP contribution in [0.5, 0.6) is 0 Å². The average molecular weight is 244 g/mol. The summed E-state index contributed by atoms with van der Waals surface area (Å²) in [4.78, 5) is 0. The molecule has 0 aromatic heterocycles. The summed E-state index contributed by atoms with van der Waals surface area (Å²) in [5.41, 5.74) is 5.57. The van der Waals surface area contributed by atoms with Gasteiger partial charge in [0.05, 0.1) is 0 Å². The number of allylic oxidation sites excluding steroid dienone is 1. The molecule has 0 saturated carbocycles. The molecule has 0 heterocycles. The van der Waals surface area contributed by atoms with Crippen LogP contribution in [0.25, 0.3) is 6.08 Å². The Morgan fingerprint density at radius 1 is 0.889 bits per heavy atom. The van der Waals surface area contributed by atoms with Gasteiger partial charge in [0, 0.05) is 0 Å². The molecule has 0 spiro atoms. The third-order valence-corrected chi connectivity index (χ3v) is 3.50. The van der Waals surface area contributed by atoms with E-state index in [1.54, 1.807) is 0 Å². The topological polar surface area (TPSA) is 0 Å². The summed E-state index contributed by atoms with van der Waals surface area (Å²) in [7, 11) is 0. The van der Waals surface area contributed by atoms with Crippen LogP contribution in [-0.4, -0.2) is 0 Å². The van der Waals surface area contributed by atoms with Crippen molar-refractivity contribution in [3.8, 4) is 0 Å². The van der Waals surface area contributed by atoms with Crippen LogP contribution >= 0.6 is 0 Å². The molecule has 0 unspecified atom stereocenters. The maximum absolute atomic E-state index is 2.34. The molecule has 1 aromatic carbocycles. The normalized spacial score (nSPS) is 11.3. The van der Waals surface area contributed by atoms with Crippen molar-refractivity contribution < 1.29 is 0 Å². The van der Waals surface area contributed by atoms with E-state index in [-0.39, 0.29) is 0 Å². The fraction of sp³-hybridized carbons (Fsp3) is 0.556. The maximum Gasteiger partial charge on any atom is -0.0201 e. The van der Waals surface area contributed by atoms with E-state index in [0.717, 1.165) is 0 Å². The van der Waals surface area contributed by atoms with Crippen LogP contribution in [0, 0.1) is 20.8 Å². The summed E-state index contributed by atoms with van der Waals surface area (Å²) < 4.78 is 0. The highest BCUT2D eigenvalue weighted by Gasteiger charge is 1.99. The van der Waals surface area contributed by atoms with Crippen molar-refractivity contribution in [2.45, 2.75) is 66.2 Å². The minimum absolute atomic E-state index is 1.22. The predicted molar refractivity (Wildman–Crippen MR) is 83.1 cm³/mol. The third-order valence-electron chi connectivity index (χ3n) is 3.50. The van der Waals surface area contributed by atoms with E-state index in [1.165, 1.54) is 60.8 Å². The van der Waals surface area contributed by atoms with Gasteiger partial charge in [-0.25, -0.2) is 0 Å². The van der Waals surface area contributed by atoms with E-state index in [1.807, 2.05) is 0 Å². The van der Waals surface area contributed by atoms with Crippen molar-refractivity contribution in [2.75, 3.05) is 0 Å². The monoisotopic (exact) mass is 244 g/mol. The van der Waals surface area contributed by atoms with Gasteiger partial charge < -0.3 is 0 Å². The van der Waals surface area contributed by atoms with Crippen LogP contribution < -0.4 is 0 Å². The first kappa shape index (κ1) is 15.0. The molecule has 0 aliphatic heterocycles. The van der Waals surface area contributed by atoms with Gasteiger partial charge in [0.25, 0.3) is 0 Å². The number of hydrogen-bond acceptors (Lipinski definition) is 0. The van der Waals surface area contributed by atoms with E-state index >= 15 is 0 Å². The largest absolute Gasteiger partial charge is 0.0839 e. The highest BCUT2D eigenvalue weighted by atomic mass is 14.0. The second kappa shape index (κ2) is 8.13. The molecule has 100 valence electrons. The van der Waals surface area contributed by atoms with Crippen LogP contribution in [0.1, 0.15) is 67.7 Å². The molecule has 0 saturated heterocycles. The summed E-state index contributed by atoms with van der Waals surface area (Å²) in [6.45, 7) is 8.85. The summed E-state index contributed by atoms with van der Waals surface area (Å²) in [5.74, 6) is 0. The summed E-state index contributed by atoms with van der Waals surface area (Å²) in [6.07, 6.45) is 12.7. The van der Waals surface area contributed by atoms with Gasteiger partial charge >= 0.3 is 0 Å². The second-order valence-electron chi connectivity index (χ2n) is 5.42. The van der Waals surface area contributed by atoms with E-state index in [2.05, 4.69) is 52.0 Å². The Labute approximate surface area is 113 Å². The molecule has 0 radical (unpaired) electrons. The number of benzene rings is 1. The molecule has 0 bridgehead atoms. The first-order chi connectivity index (χ1) is 8.65. The van der Waals surface area contributed by atoms with E-state index in [9.17, 15) is 0 Å². The summed E-state index contributed by atoms with van der Waals surface area (Å²) in [5, 5.41) is 0. The SMILES string of the molecule is CCCCCCC/C=C/c1c(C)cc(C)cc1C.